The molecular formula is C14H15NO2S. The highest BCUT2D eigenvalue weighted by Gasteiger charge is 2.13. The van der Waals surface area contributed by atoms with Crippen molar-refractivity contribution < 1.29 is 9.90 Å². The lowest BCUT2D eigenvalue weighted by Crippen LogP contribution is -2.37. The normalized spacial score (nSPS) is 12.5. The molecule has 2 aromatic carbocycles. The summed E-state index contributed by atoms with van der Waals surface area (Å²) in [5, 5.41) is 14.2. The van der Waals surface area contributed by atoms with E-state index in [1.165, 1.54) is 5.39 Å². The van der Waals surface area contributed by atoms with Gasteiger partial charge < -0.3 is 5.11 Å². The summed E-state index contributed by atoms with van der Waals surface area (Å²) in [6.07, 6.45) is 0. The monoisotopic (exact) mass is 261 g/mol. The van der Waals surface area contributed by atoms with Crippen LogP contribution in [0.15, 0.2) is 42.5 Å². The zero-order chi connectivity index (χ0) is 13.0. The largest absolute Gasteiger partial charge is 0.480 e. The van der Waals surface area contributed by atoms with Crippen molar-refractivity contribution in [1.29, 1.82) is 0 Å². The van der Waals surface area contributed by atoms with E-state index in [9.17, 15) is 4.79 Å². The van der Waals surface area contributed by atoms with Gasteiger partial charge in [-0.1, -0.05) is 36.4 Å². The number of hydrogen-bond donors (Lipinski definition) is 3. The molecule has 0 aliphatic heterocycles. The van der Waals surface area contributed by atoms with Gasteiger partial charge in [0.2, 0.25) is 0 Å². The Morgan fingerprint density at radius 3 is 2.61 bits per heavy atom. The van der Waals surface area contributed by atoms with Crippen molar-refractivity contribution in [2.24, 2.45) is 0 Å². The van der Waals surface area contributed by atoms with E-state index in [0.717, 1.165) is 10.9 Å². The van der Waals surface area contributed by atoms with Gasteiger partial charge in [0, 0.05) is 12.3 Å². The number of fused-ring (bicyclic) bond motifs is 1. The molecule has 18 heavy (non-hydrogen) atoms. The fourth-order valence-electron chi connectivity index (χ4n) is 1.82. The number of carboxylic acid groups (broad SMARTS) is 1. The molecule has 0 radical (unpaired) electrons. The summed E-state index contributed by atoms with van der Waals surface area (Å²) < 4.78 is 0. The summed E-state index contributed by atoms with van der Waals surface area (Å²) in [5.41, 5.74) is 1.07. The number of nitrogens with one attached hydrogen (secondary N) is 1. The van der Waals surface area contributed by atoms with Crippen LogP contribution in [0.3, 0.4) is 0 Å². The molecule has 0 aromatic heterocycles. The fourth-order valence-corrected chi connectivity index (χ4v) is 2.11. The van der Waals surface area contributed by atoms with Crippen molar-refractivity contribution in [3.63, 3.8) is 0 Å². The van der Waals surface area contributed by atoms with Gasteiger partial charge in [0.05, 0.1) is 0 Å². The molecule has 0 aliphatic rings. The Hall–Kier alpha value is -1.52. The quantitative estimate of drug-likeness (QED) is 0.724. The van der Waals surface area contributed by atoms with Crippen molar-refractivity contribution in [3.05, 3.63) is 48.0 Å². The highest BCUT2D eigenvalue weighted by molar-refractivity contribution is 7.80. The number of hydrogen-bond acceptors (Lipinski definition) is 3. The first kappa shape index (κ1) is 12.9. The maximum Gasteiger partial charge on any atom is 0.321 e. The molecule has 0 spiro atoms. The van der Waals surface area contributed by atoms with Crippen molar-refractivity contribution in [3.8, 4) is 0 Å². The van der Waals surface area contributed by atoms with Crippen LogP contribution in [-0.4, -0.2) is 22.9 Å². The zero-order valence-corrected chi connectivity index (χ0v) is 10.7. The lowest BCUT2D eigenvalue weighted by atomic mass is 10.1. The van der Waals surface area contributed by atoms with Gasteiger partial charge in [0.1, 0.15) is 6.04 Å². The second-order valence-corrected chi connectivity index (χ2v) is 4.50. The Kier molecular flexibility index (Phi) is 4.23. The van der Waals surface area contributed by atoms with Crippen LogP contribution in [0.1, 0.15) is 5.56 Å². The van der Waals surface area contributed by atoms with Gasteiger partial charge in [-0.2, -0.15) is 12.6 Å². The number of rotatable bonds is 5. The Morgan fingerprint density at radius 2 is 1.94 bits per heavy atom. The lowest BCUT2D eigenvalue weighted by molar-refractivity contribution is -0.138. The molecule has 0 amide bonds. The molecule has 0 aliphatic carbocycles. The molecule has 0 saturated heterocycles. The van der Waals surface area contributed by atoms with Crippen LogP contribution in [-0.2, 0) is 11.3 Å². The average molecular weight is 261 g/mol. The Labute approximate surface area is 111 Å². The van der Waals surface area contributed by atoms with Gasteiger partial charge in [-0.3, -0.25) is 10.1 Å². The van der Waals surface area contributed by atoms with Gasteiger partial charge in [-0.05, 0) is 22.4 Å². The summed E-state index contributed by atoms with van der Waals surface area (Å²) in [6.45, 7) is 0.530. The summed E-state index contributed by atoms with van der Waals surface area (Å²) >= 11 is 4.02. The van der Waals surface area contributed by atoms with E-state index in [2.05, 4.69) is 30.1 Å². The third-order valence-electron chi connectivity index (χ3n) is 2.85. The molecule has 0 unspecified atom stereocenters. The van der Waals surface area contributed by atoms with Gasteiger partial charge in [-0.15, -0.1) is 0 Å². The number of benzene rings is 2. The van der Waals surface area contributed by atoms with Crippen LogP contribution in [0.5, 0.6) is 0 Å². The Morgan fingerprint density at radius 1 is 1.22 bits per heavy atom. The van der Waals surface area contributed by atoms with Crippen LogP contribution < -0.4 is 5.32 Å². The van der Waals surface area contributed by atoms with Gasteiger partial charge >= 0.3 is 5.97 Å². The lowest BCUT2D eigenvalue weighted by Gasteiger charge is -2.12. The van der Waals surface area contributed by atoms with Crippen LogP contribution in [0.25, 0.3) is 10.8 Å². The van der Waals surface area contributed by atoms with Crippen LogP contribution >= 0.6 is 12.6 Å². The molecule has 2 rings (SSSR count). The highest BCUT2D eigenvalue weighted by atomic mass is 32.1. The van der Waals surface area contributed by atoms with E-state index in [4.69, 9.17) is 5.11 Å². The van der Waals surface area contributed by atoms with E-state index in [-0.39, 0.29) is 5.75 Å². The minimum Gasteiger partial charge on any atom is -0.480 e. The summed E-state index contributed by atoms with van der Waals surface area (Å²) in [5.74, 6) is -0.589. The first-order valence-electron chi connectivity index (χ1n) is 5.75. The van der Waals surface area contributed by atoms with E-state index in [1.54, 1.807) is 0 Å². The molecule has 0 bridgehead atoms. The van der Waals surface area contributed by atoms with E-state index in [1.807, 2.05) is 30.3 Å². The number of thiol groups is 1. The van der Waals surface area contributed by atoms with Crippen LogP contribution in [0.2, 0.25) is 0 Å². The van der Waals surface area contributed by atoms with Crippen LogP contribution in [0.4, 0.5) is 0 Å². The van der Waals surface area contributed by atoms with E-state index >= 15 is 0 Å². The first-order valence-corrected chi connectivity index (χ1v) is 6.38. The highest BCUT2D eigenvalue weighted by Crippen LogP contribution is 2.15. The molecule has 2 aromatic rings. The molecule has 94 valence electrons. The Balaban J connectivity index is 2.10. The molecule has 1 atom stereocenters. The van der Waals surface area contributed by atoms with E-state index < -0.39 is 12.0 Å². The first-order chi connectivity index (χ1) is 8.70. The fraction of sp³-hybridized carbons (Fsp3) is 0.214. The Bertz CT molecular complexity index is 556. The molecule has 2 N–H and O–H groups in total. The molecule has 0 fully saturated rings. The smallest absolute Gasteiger partial charge is 0.321 e. The maximum atomic E-state index is 10.9. The van der Waals surface area contributed by atoms with Crippen LogP contribution in [0, 0.1) is 0 Å². The van der Waals surface area contributed by atoms with Crippen molar-refractivity contribution in [1.82, 2.24) is 5.32 Å². The van der Waals surface area contributed by atoms with Crippen molar-refractivity contribution in [2.75, 3.05) is 5.75 Å². The molecule has 0 saturated carbocycles. The SMILES string of the molecule is O=C(O)[C@H](CS)NCc1ccc2ccccc2c1. The summed E-state index contributed by atoms with van der Waals surface area (Å²) in [4.78, 5) is 10.9. The second kappa shape index (κ2) is 5.89. The minimum atomic E-state index is -0.870. The number of carboxylic acids is 1. The van der Waals surface area contributed by atoms with Crippen molar-refractivity contribution >= 4 is 29.4 Å². The van der Waals surface area contributed by atoms with Gasteiger partial charge in [0.15, 0.2) is 0 Å². The van der Waals surface area contributed by atoms with Crippen molar-refractivity contribution in [2.45, 2.75) is 12.6 Å². The zero-order valence-electron chi connectivity index (χ0n) is 9.84. The number of carbonyl (C=O) groups is 1. The third kappa shape index (κ3) is 3.03. The average Bonchev–Trinajstić information content (AvgIpc) is 2.39. The van der Waals surface area contributed by atoms with E-state index in [0.29, 0.717) is 6.54 Å². The summed E-state index contributed by atoms with van der Waals surface area (Å²) in [7, 11) is 0. The minimum absolute atomic E-state index is 0.281. The topological polar surface area (TPSA) is 49.3 Å². The predicted molar refractivity (Wildman–Crippen MR) is 76.1 cm³/mol. The maximum absolute atomic E-state index is 10.9. The molecular weight excluding hydrogens is 246 g/mol. The van der Waals surface area contributed by atoms with Gasteiger partial charge in [-0.25, -0.2) is 0 Å². The standard InChI is InChI=1S/C14H15NO2S/c16-14(17)13(9-18)15-8-10-5-6-11-3-1-2-4-12(11)7-10/h1-7,13,15,18H,8-9H2,(H,16,17)/t13-/m0/s1. The molecule has 3 nitrogen and oxygen atoms in total. The third-order valence-corrected chi connectivity index (χ3v) is 3.21. The number of aliphatic carboxylic acids is 1. The predicted octanol–water partition coefficient (Wildman–Crippen LogP) is 2.31. The molecule has 0 heterocycles. The summed E-state index contributed by atoms with van der Waals surface area (Å²) in [6, 6.07) is 13.6. The second-order valence-electron chi connectivity index (χ2n) is 4.14. The molecule has 4 heteroatoms. The van der Waals surface area contributed by atoms with Gasteiger partial charge in [0.25, 0.3) is 0 Å².